The lowest BCUT2D eigenvalue weighted by atomic mass is 9.97. The van der Waals surface area contributed by atoms with E-state index >= 15 is 0 Å². The predicted octanol–water partition coefficient (Wildman–Crippen LogP) is 3.76. The molecule has 1 aliphatic rings. The number of carbonyl (C=O) groups is 1. The zero-order chi connectivity index (χ0) is 20.9. The van der Waals surface area contributed by atoms with Crippen LogP contribution in [0.3, 0.4) is 0 Å². The molecule has 6 nitrogen and oxygen atoms in total. The highest BCUT2D eigenvalue weighted by Crippen LogP contribution is 2.27. The number of nitrogens with zero attached hydrogens (tertiary/aromatic N) is 3. The number of hydrogen-bond donors (Lipinski definition) is 0. The number of benzene rings is 2. The summed E-state index contributed by atoms with van der Waals surface area (Å²) in [6, 6.07) is 13.8. The lowest BCUT2D eigenvalue weighted by Gasteiger charge is -2.31. The summed E-state index contributed by atoms with van der Waals surface area (Å²) in [4.78, 5) is 14.6. The van der Waals surface area contributed by atoms with Gasteiger partial charge >= 0.3 is 0 Å². The van der Waals surface area contributed by atoms with Crippen molar-refractivity contribution < 1.29 is 18.3 Å². The molecule has 1 aromatic heterocycles. The summed E-state index contributed by atoms with van der Waals surface area (Å²) in [5.41, 5.74) is 1.87. The Kier molecular flexibility index (Phi) is 6.07. The fourth-order valence-electron chi connectivity index (χ4n) is 3.71. The second-order valence-electron chi connectivity index (χ2n) is 7.54. The van der Waals surface area contributed by atoms with E-state index in [4.69, 9.17) is 9.15 Å². The molecule has 1 aliphatic heterocycles. The van der Waals surface area contributed by atoms with Crippen LogP contribution in [0.5, 0.6) is 5.75 Å². The van der Waals surface area contributed by atoms with Gasteiger partial charge in [0.1, 0.15) is 11.6 Å². The van der Waals surface area contributed by atoms with E-state index in [1.54, 1.807) is 19.2 Å². The van der Waals surface area contributed by atoms with Crippen molar-refractivity contribution in [2.24, 2.45) is 0 Å². The highest BCUT2D eigenvalue weighted by Gasteiger charge is 2.28. The SMILES string of the molecule is COc1ccc(CC(=O)N2CCCC(c3nnc(Cc4ccc(F)cc4)o3)C2)cc1. The lowest BCUT2D eigenvalue weighted by Crippen LogP contribution is -2.40. The van der Waals surface area contributed by atoms with Crippen LogP contribution >= 0.6 is 0 Å². The van der Waals surface area contributed by atoms with Crippen LogP contribution in [0.1, 0.15) is 41.7 Å². The van der Waals surface area contributed by atoms with Gasteiger partial charge in [-0.15, -0.1) is 10.2 Å². The molecule has 30 heavy (non-hydrogen) atoms. The van der Waals surface area contributed by atoms with E-state index in [1.165, 1.54) is 12.1 Å². The quantitative estimate of drug-likeness (QED) is 0.620. The van der Waals surface area contributed by atoms with E-state index < -0.39 is 0 Å². The molecule has 1 amide bonds. The molecule has 0 aliphatic carbocycles. The van der Waals surface area contributed by atoms with Gasteiger partial charge in [0, 0.05) is 13.1 Å². The molecule has 0 bridgehead atoms. The Labute approximate surface area is 174 Å². The number of ether oxygens (including phenoxy) is 1. The van der Waals surface area contributed by atoms with E-state index in [0.29, 0.717) is 31.2 Å². The van der Waals surface area contributed by atoms with Gasteiger partial charge in [0.2, 0.25) is 17.7 Å². The van der Waals surface area contributed by atoms with Gasteiger partial charge in [-0.3, -0.25) is 4.79 Å². The van der Waals surface area contributed by atoms with E-state index in [9.17, 15) is 9.18 Å². The molecule has 1 unspecified atom stereocenters. The molecule has 0 radical (unpaired) electrons. The van der Waals surface area contributed by atoms with Gasteiger partial charge in [-0.05, 0) is 48.2 Å². The molecule has 7 heteroatoms. The number of hydrogen-bond acceptors (Lipinski definition) is 5. The van der Waals surface area contributed by atoms with Gasteiger partial charge in [-0.2, -0.15) is 0 Å². The Hall–Kier alpha value is -3.22. The molecule has 1 saturated heterocycles. The molecule has 4 rings (SSSR count). The van der Waals surface area contributed by atoms with Crippen molar-refractivity contribution in [2.45, 2.75) is 31.6 Å². The summed E-state index contributed by atoms with van der Waals surface area (Å²) in [5, 5.41) is 8.35. The number of piperidine rings is 1. The minimum absolute atomic E-state index is 0.0352. The predicted molar refractivity (Wildman–Crippen MR) is 109 cm³/mol. The Morgan fingerprint density at radius 2 is 1.87 bits per heavy atom. The first-order valence-electron chi connectivity index (χ1n) is 10.1. The largest absolute Gasteiger partial charge is 0.497 e. The smallest absolute Gasteiger partial charge is 0.227 e. The van der Waals surface area contributed by atoms with E-state index in [0.717, 1.165) is 36.3 Å². The summed E-state index contributed by atoms with van der Waals surface area (Å²) in [6.07, 6.45) is 2.62. The van der Waals surface area contributed by atoms with E-state index in [-0.39, 0.29) is 17.6 Å². The number of likely N-dealkylation sites (tertiary alicyclic amines) is 1. The van der Waals surface area contributed by atoms with Gasteiger partial charge in [0.15, 0.2) is 0 Å². The number of aromatic nitrogens is 2. The number of rotatable bonds is 6. The van der Waals surface area contributed by atoms with Gasteiger partial charge in [0.25, 0.3) is 0 Å². The number of amides is 1. The monoisotopic (exact) mass is 409 g/mol. The summed E-state index contributed by atoms with van der Waals surface area (Å²) in [6.45, 7) is 1.31. The topological polar surface area (TPSA) is 68.5 Å². The number of methoxy groups -OCH3 is 1. The summed E-state index contributed by atoms with van der Waals surface area (Å²) >= 11 is 0. The second-order valence-corrected chi connectivity index (χ2v) is 7.54. The van der Waals surface area contributed by atoms with E-state index in [2.05, 4.69) is 10.2 Å². The van der Waals surface area contributed by atoms with Gasteiger partial charge in [0.05, 0.1) is 25.9 Å². The minimum Gasteiger partial charge on any atom is -0.497 e. The molecule has 1 atom stereocenters. The molecule has 3 aromatic rings. The first kappa shape index (κ1) is 20.1. The van der Waals surface area contributed by atoms with Crippen molar-refractivity contribution in [3.63, 3.8) is 0 Å². The lowest BCUT2D eigenvalue weighted by molar-refractivity contribution is -0.131. The maximum absolute atomic E-state index is 13.1. The molecule has 156 valence electrons. The fourth-order valence-corrected chi connectivity index (χ4v) is 3.71. The molecule has 2 aromatic carbocycles. The Balaban J connectivity index is 1.36. The highest BCUT2D eigenvalue weighted by molar-refractivity contribution is 5.79. The molecule has 0 spiro atoms. The maximum atomic E-state index is 13.1. The van der Waals surface area contributed by atoms with Crippen LogP contribution < -0.4 is 4.74 Å². The van der Waals surface area contributed by atoms with Gasteiger partial charge in [-0.25, -0.2) is 4.39 Å². The molecular formula is C23H24FN3O3. The van der Waals surface area contributed by atoms with Crippen LogP contribution in [0, 0.1) is 5.82 Å². The summed E-state index contributed by atoms with van der Waals surface area (Å²) in [5.74, 6) is 1.69. The van der Waals surface area contributed by atoms with Crippen LogP contribution in [-0.2, 0) is 17.6 Å². The standard InChI is InChI=1S/C23H24FN3O3/c1-29-20-10-6-17(7-11-20)14-22(28)27-12-2-3-18(15-27)23-26-25-21(30-23)13-16-4-8-19(24)9-5-16/h4-11,18H,2-3,12-15H2,1H3. The van der Waals surface area contributed by atoms with Crippen LogP contribution in [0.25, 0.3) is 0 Å². The molecular weight excluding hydrogens is 385 g/mol. The van der Waals surface area contributed by atoms with Crippen molar-refractivity contribution in [1.82, 2.24) is 15.1 Å². The molecule has 2 heterocycles. The first-order chi connectivity index (χ1) is 14.6. The third-order valence-corrected chi connectivity index (χ3v) is 5.39. The van der Waals surface area contributed by atoms with Crippen molar-refractivity contribution in [3.8, 4) is 5.75 Å². The Morgan fingerprint density at radius 3 is 2.60 bits per heavy atom. The molecule has 0 saturated carbocycles. The summed E-state index contributed by atoms with van der Waals surface area (Å²) < 4.78 is 24.1. The third-order valence-electron chi connectivity index (χ3n) is 5.39. The summed E-state index contributed by atoms with van der Waals surface area (Å²) in [7, 11) is 1.62. The van der Waals surface area contributed by atoms with Crippen molar-refractivity contribution in [3.05, 3.63) is 77.3 Å². The van der Waals surface area contributed by atoms with E-state index in [1.807, 2.05) is 29.2 Å². The highest BCUT2D eigenvalue weighted by atomic mass is 19.1. The van der Waals surface area contributed by atoms with Crippen LogP contribution in [0.2, 0.25) is 0 Å². The number of halogens is 1. The van der Waals surface area contributed by atoms with Crippen LogP contribution in [-0.4, -0.2) is 41.2 Å². The zero-order valence-corrected chi connectivity index (χ0v) is 16.9. The second kappa shape index (κ2) is 9.07. The maximum Gasteiger partial charge on any atom is 0.227 e. The normalized spacial score (nSPS) is 16.5. The Bertz CT molecular complexity index is 986. The molecule has 1 fully saturated rings. The minimum atomic E-state index is -0.272. The van der Waals surface area contributed by atoms with Gasteiger partial charge in [-0.1, -0.05) is 24.3 Å². The third kappa shape index (κ3) is 4.84. The zero-order valence-electron chi connectivity index (χ0n) is 16.9. The Morgan fingerprint density at radius 1 is 1.13 bits per heavy atom. The molecule has 0 N–H and O–H groups in total. The van der Waals surface area contributed by atoms with Crippen LogP contribution in [0.15, 0.2) is 52.9 Å². The van der Waals surface area contributed by atoms with Crippen molar-refractivity contribution in [2.75, 3.05) is 20.2 Å². The van der Waals surface area contributed by atoms with Crippen molar-refractivity contribution >= 4 is 5.91 Å². The first-order valence-corrected chi connectivity index (χ1v) is 10.1. The average molecular weight is 409 g/mol. The number of carbonyl (C=O) groups excluding carboxylic acids is 1. The average Bonchev–Trinajstić information content (AvgIpc) is 3.24. The fraction of sp³-hybridized carbons (Fsp3) is 0.348. The van der Waals surface area contributed by atoms with Crippen LogP contribution in [0.4, 0.5) is 4.39 Å². The van der Waals surface area contributed by atoms with Crippen molar-refractivity contribution in [1.29, 1.82) is 0 Å². The van der Waals surface area contributed by atoms with Gasteiger partial charge < -0.3 is 14.1 Å².